The Labute approximate surface area is 108 Å². The van der Waals surface area contributed by atoms with Crippen molar-refractivity contribution in [3.8, 4) is 0 Å². The minimum absolute atomic E-state index is 0.194. The topological polar surface area (TPSA) is 41.1 Å². The standard InChI is InChI=1S/C15H20N2O/c18-15(16-8-7-11-5-6-11)9-12-10-17-14-4-2-1-3-13(12)14/h1-4,11-12,17H,5-10H2,(H,16,18). The molecule has 1 saturated carbocycles. The van der Waals surface area contributed by atoms with E-state index in [1.54, 1.807) is 0 Å². The van der Waals surface area contributed by atoms with E-state index in [4.69, 9.17) is 0 Å². The Bertz CT molecular complexity index is 440. The van der Waals surface area contributed by atoms with Crippen molar-refractivity contribution in [2.24, 2.45) is 5.92 Å². The van der Waals surface area contributed by atoms with Crippen LogP contribution in [0, 0.1) is 5.92 Å². The second-order valence-electron chi connectivity index (χ2n) is 5.45. The van der Waals surface area contributed by atoms with E-state index in [9.17, 15) is 4.79 Å². The molecule has 1 aliphatic carbocycles. The van der Waals surface area contributed by atoms with Crippen molar-refractivity contribution in [1.29, 1.82) is 0 Å². The van der Waals surface area contributed by atoms with Crippen molar-refractivity contribution < 1.29 is 4.79 Å². The average molecular weight is 244 g/mol. The molecular formula is C15H20N2O. The number of fused-ring (bicyclic) bond motifs is 1. The quantitative estimate of drug-likeness (QED) is 0.835. The van der Waals surface area contributed by atoms with Crippen molar-refractivity contribution in [2.45, 2.75) is 31.6 Å². The van der Waals surface area contributed by atoms with Crippen LogP contribution in [0.4, 0.5) is 5.69 Å². The van der Waals surface area contributed by atoms with Crippen LogP contribution in [0.1, 0.15) is 37.2 Å². The van der Waals surface area contributed by atoms with E-state index in [-0.39, 0.29) is 5.91 Å². The van der Waals surface area contributed by atoms with Gasteiger partial charge in [-0.05, 0) is 24.0 Å². The molecule has 18 heavy (non-hydrogen) atoms. The summed E-state index contributed by atoms with van der Waals surface area (Å²) < 4.78 is 0. The Balaban J connectivity index is 1.49. The second-order valence-corrected chi connectivity index (χ2v) is 5.45. The lowest BCUT2D eigenvalue weighted by molar-refractivity contribution is -0.121. The molecule has 1 fully saturated rings. The summed E-state index contributed by atoms with van der Waals surface area (Å²) in [7, 11) is 0. The third kappa shape index (κ3) is 2.66. The van der Waals surface area contributed by atoms with Gasteiger partial charge >= 0.3 is 0 Å². The molecular weight excluding hydrogens is 224 g/mol. The first-order valence-corrected chi connectivity index (χ1v) is 6.92. The minimum Gasteiger partial charge on any atom is -0.384 e. The van der Waals surface area contributed by atoms with Gasteiger partial charge in [0, 0.05) is 31.1 Å². The molecule has 0 saturated heterocycles. The Morgan fingerprint density at radius 1 is 1.33 bits per heavy atom. The lowest BCUT2D eigenvalue weighted by Gasteiger charge is -2.10. The first-order chi connectivity index (χ1) is 8.83. The average Bonchev–Trinajstić information content (AvgIpc) is 3.11. The van der Waals surface area contributed by atoms with Gasteiger partial charge in [-0.15, -0.1) is 0 Å². The molecule has 1 heterocycles. The van der Waals surface area contributed by atoms with E-state index in [0.29, 0.717) is 12.3 Å². The number of hydrogen-bond donors (Lipinski definition) is 2. The number of carbonyl (C=O) groups excluding carboxylic acids is 1. The van der Waals surface area contributed by atoms with Gasteiger partial charge in [-0.1, -0.05) is 31.0 Å². The fourth-order valence-corrected chi connectivity index (χ4v) is 2.66. The van der Waals surface area contributed by atoms with Crippen LogP contribution in [-0.2, 0) is 4.79 Å². The summed E-state index contributed by atoms with van der Waals surface area (Å²) >= 11 is 0. The second kappa shape index (κ2) is 5.01. The summed E-state index contributed by atoms with van der Waals surface area (Å²) in [5.41, 5.74) is 2.48. The maximum Gasteiger partial charge on any atom is 0.220 e. The molecule has 1 aromatic carbocycles. The van der Waals surface area contributed by atoms with Crippen LogP contribution in [-0.4, -0.2) is 19.0 Å². The summed E-state index contributed by atoms with van der Waals surface area (Å²) in [6, 6.07) is 8.28. The Kier molecular flexibility index (Phi) is 3.22. The number of nitrogens with one attached hydrogen (secondary N) is 2. The highest BCUT2D eigenvalue weighted by molar-refractivity contribution is 5.78. The van der Waals surface area contributed by atoms with Crippen LogP contribution < -0.4 is 10.6 Å². The predicted octanol–water partition coefficient (Wildman–Crippen LogP) is 2.50. The molecule has 1 aliphatic heterocycles. The molecule has 0 aromatic heterocycles. The summed E-state index contributed by atoms with van der Waals surface area (Å²) in [5.74, 6) is 1.42. The molecule has 1 aromatic rings. The predicted molar refractivity (Wildman–Crippen MR) is 72.6 cm³/mol. The van der Waals surface area contributed by atoms with E-state index in [0.717, 1.165) is 25.4 Å². The fraction of sp³-hybridized carbons (Fsp3) is 0.533. The van der Waals surface area contributed by atoms with Gasteiger partial charge in [-0.3, -0.25) is 4.79 Å². The highest BCUT2D eigenvalue weighted by Crippen LogP contribution is 2.33. The molecule has 0 bridgehead atoms. The van der Waals surface area contributed by atoms with Crippen LogP contribution >= 0.6 is 0 Å². The lowest BCUT2D eigenvalue weighted by atomic mass is 9.97. The number of rotatable bonds is 5. The fourth-order valence-electron chi connectivity index (χ4n) is 2.66. The van der Waals surface area contributed by atoms with Gasteiger partial charge < -0.3 is 10.6 Å². The van der Waals surface area contributed by atoms with E-state index < -0.39 is 0 Å². The van der Waals surface area contributed by atoms with Crippen LogP contribution in [0.5, 0.6) is 0 Å². The third-order valence-electron chi connectivity index (χ3n) is 3.94. The maximum absolute atomic E-state index is 11.9. The van der Waals surface area contributed by atoms with Gasteiger partial charge in [-0.2, -0.15) is 0 Å². The Morgan fingerprint density at radius 2 is 2.17 bits per heavy atom. The molecule has 1 atom stereocenters. The smallest absolute Gasteiger partial charge is 0.220 e. The molecule has 3 nitrogen and oxygen atoms in total. The van der Waals surface area contributed by atoms with Crippen molar-refractivity contribution in [3.63, 3.8) is 0 Å². The summed E-state index contributed by atoms with van der Waals surface area (Å²) in [5, 5.41) is 6.40. The SMILES string of the molecule is O=C(CC1CNc2ccccc21)NCCC1CC1. The lowest BCUT2D eigenvalue weighted by Crippen LogP contribution is -2.26. The molecule has 1 unspecified atom stereocenters. The van der Waals surface area contributed by atoms with Gasteiger partial charge in [0.25, 0.3) is 0 Å². The van der Waals surface area contributed by atoms with E-state index in [1.807, 2.05) is 12.1 Å². The van der Waals surface area contributed by atoms with Crippen molar-refractivity contribution >= 4 is 11.6 Å². The first kappa shape index (κ1) is 11.6. The third-order valence-corrected chi connectivity index (χ3v) is 3.94. The van der Waals surface area contributed by atoms with Gasteiger partial charge in [0.1, 0.15) is 0 Å². The van der Waals surface area contributed by atoms with Crippen LogP contribution in [0.15, 0.2) is 24.3 Å². The highest BCUT2D eigenvalue weighted by atomic mass is 16.1. The number of carbonyl (C=O) groups is 1. The van der Waals surface area contributed by atoms with Crippen molar-refractivity contribution in [1.82, 2.24) is 5.32 Å². The molecule has 1 amide bonds. The van der Waals surface area contributed by atoms with Gasteiger partial charge in [0.05, 0.1) is 0 Å². The van der Waals surface area contributed by atoms with Gasteiger partial charge in [0.2, 0.25) is 5.91 Å². The number of hydrogen-bond acceptors (Lipinski definition) is 2. The van der Waals surface area contributed by atoms with Crippen molar-refractivity contribution in [3.05, 3.63) is 29.8 Å². The molecule has 0 spiro atoms. The molecule has 96 valence electrons. The normalized spacial score (nSPS) is 21.2. The van der Waals surface area contributed by atoms with Crippen LogP contribution in [0.3, 0.4) is 0 Å². The monoisotopic (exact) mass is 244 g/mol. The van der Waals surface area contributed by atoms with E-state index >= 15 is 0 Å². The molecule has 3 rings (SSSR count). The summed E-state index contributed by atoms with van der Waals surface area (Å²) in [6.07, 6.45) is 4.48. The summed E-state index contributed by atoms with van der Waals surface area (Å²) in [4.78, 5) is 11.9. The zero-order valence-corrected chi connectivity index (χ0v) is 10.6. The molecule has 2 N–H and O–H groups in total. The van der Waals surface area contributed by atoms with Gasteiger partial charge in [-0.25, -0.2) is 0 Å². The molecule has 0 radical (unpaired) electrons. The summed E-state index contributed by atoms with van der Waals surface area (Å²) in [6.45, 7) is 1.74. The molecule has 3 heteroatoms. The van der Waals surface area contributed by atoms with Crippen LogP contribution in [0.2, 0.25) is 0 Å². The number of amides is 1. The van der Waals surface area contributed by atoms with E-state index in [1.165, 1.54) is 24.1 Å². The zero-order valence-electron chi connectivity index (χ0n) is 10.6. The number of para-hydroxylation sites is 1. The Morgan fingerprint density at radius 3 is 3.00 bits per heavy atom. The number of benzene rings is 1. The highest BCUT2D eigenvalue weighted by Gasteiger charge is 2.24. The van der Waals surface area contributed by atoms with Crippen LogP contribution in [0.25, 0.3) is 0 Å². The van der Waals surface area contributed by atoms with Crippen molar-refractivity contribution in [2.75, 3.05) is 18.4 Å². The number of anilines is 1. The van der Waals surface area contributed by atoms with Gasteiger partial charge in [0.15, 0.2) is 0 Å². The zero-order chi connectivity index (χ0) is 12.4. The van der Waals surface area contributed by atoms with E-state index in [2.05, 4.69) is 22.8 Å². The first-order valence-electron chi connectivity index (χ1n) is 6.92. The minimum atomic E-state index is 0.194. The Hall–Kier alpha value is -1.51. The largest absolute Gasteiger partial charge is 0.384 e. The maximum atomic E-state index is 11.9. The molecule has 2 aliphatic rings.